The Hall–Kier alpha value is -1.29. The van der Waals surface area contributed by atoms with Crippen molar-refractivity contribution in [3.63, 3.8) is 0 Å². The minimum absolute atomic E-state index is 0.131. The second-order valence-electron chi connectivity index (χ2n) is 4.03. The van der Waals surface area contributed by atoms with Crippen molar-refractivity contribution >= 4 is 5.97 Å². The van der Waals surface area contributed by atoms with Gasteiger partial charge in [-0.15, -0.1) is 0 Å². The van der Waals surface area contributed by atoms with E-state index in [1.54, 1.807) is 6.07 Å². The average Bonchev–Trinajstić information content (AvgIpc) is 2.75. The lowest BCUT2D eigenvalue weighted by Crippen LogP contribution is -2.13. The van der Waals surface area contributed by atoms with E-state index in [9.17, 15) is 4.79 Å². The van der Waals surface area contributed by atoms with Crippen LogP contribution < -0.4 is 0 Å². The number of rotatable bonds is 7. The van der Waals surface area contributed by atoms with Gasteiger partial charge in [0.15, 0.2) is 0 Å². The molecule has 0 aromatic carbocycles. The summed E-state index contributed by atoms with van der Waals surface area (Å²) < 4.78 is 6.71. The molecular formula is C13H21NO3. The SMILES string of the molecule is CCCCc1ccc(C(=O)OC)n1CCCO. The standard InChI is InChI=1S/C13H21NO3/c1-3-4-6-11-7-8-12(13(16)17-2)14(11)9-5-10-15/h7-8,15H,3-6,9-10H2,1-2H3. The highest BCUT2D eigenvalue weighted by atomic mass is 16.5. The fourth-order valence-corrected chi connectivity index (χ4v) is 1.86. The lowest BCUT2D eigenvalue weighted by atomic mass is 10.2. The van der Waals surface area contributed by atoms with Crippen LogP contribution in [0.25, 0.3) is 0 Å². The predicted molar refractivity (Wildman–Crippen MR) is 66.1 cm³/mol. The molecule has 0 aliphatic carbocycles. The summed E-state index contributed by atoms with van der Waals surface area (Å²) in [6.45, 7) is 2.93. The maximum absolute atomic E-state index is 11.6. The molecule has 1 heterocycles. The third-order valence-corrected chi connectivity index (χ3v) is 2.79. The molecule has 0 atom stereocenters. The molecule has 4 heteroatoms. The number of ether oxygens (including phenoxy) is 1. The minimum atomic E-state index is -0.314. The van der Waals surface area contributed by atoms with Gasteiger partial charge in [-0.1, -0.05) is 13.3 Å². The number of aliphatic hydroxyl groups excluding tert-OH is 1. The number of carbonyl (C=O) groups excluding carboxylic acids is 1. The molecular weight excluding hydrogens is 218 g/mol. The van der Waals surface area contributed by atoms with Crippen LogP contribution in [0.5, 0.6) is 0 Å². The zero-order chi connectivity index (χ0) is 12.7. The first-order chi connectivity index (χ1) is 8.24. The molecule has 17 heavy (non-hydrogen) atoms. The van der Waals surface area contributed by atoms with Crippen molar-refractivity contribution in [2.45, 2.75) is 39.2 Å². The first kappa shape index (κ1) is 13.8. The minimum Gasteiger partial charge on any atom is -0.464 e. The largest absolute Gasteiger partial charge is 0.464 e. The van der Waals surface area contributed by atoms with Gasteiger partial charge in [0.05, 0.1) is 7.11 Å². The molecule has 1 N–H and O–H groups in total. The quantitative estimate of drug-likeness (QED) is 0.740. The highest BCUT2D eigenvalue weighted by Crippen LogP contribution is 2.14. The third-order valence-electron chi connectivity index (χ3n) is 2.79. The summed E-state index contributed by atoms with van der Waals surface area (Å²) in [6.07, 6.45) is 3.83. The molecule has 0 aliphatic rings. The maximum Gasteiger partial charge on any atom is 0.354 e. The van der Waals surface area contributed by atoms with E-state index in [4.69, 9.17) is 9.84 Å². The van der Waals surface area contributed by atoms with Gasteiger partial charge in [-0.2, -0.15) is 0 Å². The van der Waals surface area contributed by atoms with Crippen molar-refractivity contribution in [2.75, 3.05) is 13.7 Å². The van der Waals surface area contributed by atoms with Gasteiger partial charge in [0.1, 0.15) is 5.69 Å². The summed E-state index contributed by atoms with van der Waals surface area (Å²) >= 11 is 0. The fourth-order valence-electron chi connectivity index (χ4n) is 1.86. The number of aliphatic hydroxyl groups is 1. The van der Waals surface area contributed by atoms with Crippen LogP contribution in [0.15, 0.2) is 12.1 Å². The van der Waals surface area contributed by atoms with Crippen molar-refractivity contribution in [1.82, 2.24) is 4.57 Å². The van der Waals surface area contributed by atoms with Crippen LogP contribution in [0.2, 0.25) is 0 Å². The van der Waals surface area contributed by atoms with E-state index in [1.807, 2.05) is 10.6 Å². The molecule has 0 radical (unpaired) electrons. The number of carbonyl (C=O) groups is 1. The van der Waals surface area contributed by atoms with Crippen molar-refractivity contribution in [2.24, 2.45) is 0 Å². The molecule has 1 aromatic heterocycles. The van der Waals surface area contributed by atoms with Crippen LogP contribution in [0.1, 0.15) is 42.4 Å². The van der Waals surface area contributed by atoms with E-state index in [1.165, 1.54) is 7.11 Å². The van der Waals surface area contributed by atoms with E-state index in [-0.39, 0.29) is 12.6 Å². The molecule has 4 nitrogen and oxygen atoms in total. The molecule has 96 valence electrons. The first-order valence-electron chi connectivity index (χ1n) is 6.12. The zero-order valence-electron chi connectivity index (χ0n) is 10.6. The number of unbranched alkanes of at least 4 members (excludes halogenated alkanes) is 1. The van der Waals surface area contributed by atoms with Gasteiger partial charge >= 0.3 is 5.97 Å². The molecule has 0 saturated heterocycles. The lowest BCUT2D eigenvalue weighted by molar-refractivity contribution is 0.0587. The Morgan fingerprint density at radius 1 is 1.41 bits per heavy atom. The number of hydrogen-bond acceptors (Lipinski definition) is 3. The first-order valence-corrected chi connectivity index (χ1v) is 6.12. The molecule has 0 amide bonds. The number of aromatic nitrogens is 1. The van der Waals surface area contributed by atoms with Crippen LogP contribution >= 0.6 is 0 Å². The van der Waals surface area contributed by atoms with Crippen LogP contribution in [0.4, 0.5) is 0 Å². The molecule has 0 aliphatic heterocycles. The summed E-state index contributed by atoms with van der Waals surface area (Å²) in [5, 5.41) is 8.89. The van der Waals surface area contributed by atoms with Crippen molar-refractivity contribution < 1.29 is 14.6 Å². The summed E-state index contributed by atoms with van der Waals surface area (Å²) in [7, 11) is 1.39. The van der Waals surface area contributed by atoms with Gasteiger partial charge in [0.2, 0.25) is 0 Å². The summed E-state index contributed by atoms with van der Waals surface area (Å²) in [6, 6.07) is 3.77. The third kappa shape index (κ3) is 3.60. The lowest BCUT2D eigenvalue weighted by Gasteiger charge is -2.11. The van der Waals surface area contributed by atoms with E-state index < -0.39 is 0 Å². The maximum atomic E-state index is 11.6. The Balaban J connectivity index is 2.88. The fraction of sp³-hybridized carbons (Fsp3) is 0.615. The average molecular weight is 239 g/mol. The molecule has 1 aromatic rings. The van der Waals surface area contributed by atoms with Gasteiger partial charge < -0.3 is 14.4 Å². The zero-order valence-corrected chi connectivity index (χ0v) is 10.6. The van der Waals surface area contributed by atoms with E-state index in [0.29, 0.717) is 18.7 Å². The molecule has 0 unspecified atom stereocenters. The number of nitrogens with zero attached hydrogens (tertiary/aromatic N) is 1. The molecule has 1 rings (SSSR count). The molecule has 0 bridgehead atoms. The second kappa shape index (κ2) is 7.12. The predicted octanol–water partition coefficient (Wildman–Crippen LogP) is 2.00. The van der Waals surface area contributed by atoms with Crippen molar-refractivity contribution in [3.8, 4) is 0 Å². The summed E-state index contributed by atoms with van der Waals surface area (Å²) in [5.74, 6) is -0.314. The van der Waals surface area contributed by atoms with Crippen LogP contribution in [0, 0.1) is 0 Å². The Labute approximate surface area is 102 Å². The van der Waals surface area contributed by atoms with Gasteiger partial charge in [0.25, 0.3) is 0 Å². The van der Waals surface area contributed by atoms with E-state index >= 15 is 0 Å². The van der Waals surface area contributed by atoms with Gasteiger partial charge in [-0.3, -0.25) is 0 Å². The van der Waals surface area contributed by atoms with Gasteiger partial charge in [-0.25, -0.2) is 4.79 Å². The number of methoxy groups -OCH3 is 1. The molecule has 0 fully saturated rings. The smallest absolute Gasteiger partial charge is 0.354 e. The van der Waals surface area contributed by atoms with E-state index in [2.05, 4.69) is 6.92 Å². The molecule has 0 saturated carbocycles. The van der Waals surface area contributed by atoms with Crippen molar-refractivity contribution in [1.29, 1.82) is 0 Å². The van der Waals surface area contributed by atoms with Crippen LogP contribution in [-0.2, 0) is 17.7 Å². The Morgan fingerprint density at radius 2 is 2.18 bits per heavy atom. The van der Waals surface area contributed by atoms with E-state index in [0.717, 1.165) is 25.0 Å². The van der Waals surface area contributed by atoms with Gasteiger partial charge in [-0.05, 0) is 31.4 Å². The van der Waals surface area contributed by atoms with Gasteiger partial charge in [0, 0.05) is 18.8 Å². The van der Waals surface area contributed by atoms with Crippen molar-refractivity contribution in [3.05, 3.63) is 23.5 Å². The monoisotopic (exact) mass is 239 g/mol. The highest BCUT2D eigenvalue weighted by Gasteiger charge is 2.14. The Morgan fingerprint density at radius 3 is 2.76 bits per heavy atom. The van der Waals surface area contributed by atoms with Crippen LogP contribution in [-0.4, -0.2) is 29.4 Å². The Bertz CT molecular complexity index is 358. The number of hydrogen-bond donors (Lipinski definition) is 1. The Kier molecular flexibility index (Phi) is 5.77. The number of esters is 1. The normalized spacial score (nSPS) is 10.5. The highest BCUT2D eigenvalue weighted by molar-refractivity contribution is 5.87. The summed E-state index contributed by atoms with van der Waals surface area (Å²) in [4.78, 5) is 11.6. The number of aryl methyl sites for hydroxylation is 1. The molecule has 0 spiro atoms. The topological polar surface area (TPSA) is 51.5 Å². The van der Waals surface area contributed by atoms with Crippen LogP contribution in [0.3, 0.4) is 0 Å². The second-order valence-corrected chi connectivity index (χ2v) is 4.03. The summed E-state index contributed by atoms with van der Waals surface area (Å²) in [5.41, 5.74) is 1.72.